The second-order valence-corrected chi connectivity index (χ2v) is 6.29. The van der Waals surface area contributed by atoms with E-state index in [0.29, 0.717) is 10.5 Å². The van der Waals surface area contributed by atoms with E-state index in [9.17, 15) is 27.6 Å². The average molecular weight is 371 g/mol. The normalized spacial score (nSPS) is 20.3. The van der Waals surface area contributed by atoms with Crippen LogP contribution in [0, 0.1) is 0 Å². The first-order valence-corrected chi connectivity index (χ1v) is 8.14. The molecule has 0 bridgehead atoms. The Hall–Kier alpha value is -2.58. The van der Waals surface area contributed by atoms with Crippen LogP contribution in [0.25, 0.3) is 0 Å². The van der Waals surface area contributed by atoms with E-state index >= 15 is 0 Å². The number of nitrogens with one attached hydrogen (secondary N) is 2. The number of hydrogen-bond donors (Lipinski definition) is 2. The minimum atomic E-state index is -4.57. The maximum atomic E-state index is 12.6. The largest absolute Gasteiger partial charge is 0.405 e. The van der Waals surface area contributed by atoms with E-state index in [4.69, 9.17) is 0 Å². The van der Waals surface area contributed by atoms with Crippen molar-refractivity contribution in [3.05, 3.63) is 35.4 Å². The lowest BCUT2D eigenvalue weighted by molar-refractivity contribution is -0.141. The molecule has 2 N–H and O–H groups in total. The van der Waals surface area contributed by atoms with Gasteiger partial charge in [0.1, 0.15) is 18.6 Å². The van der Waals surface area contributed by atoms with Crippen LogP contribution in [0.1, 0.15) is 31.4 Å². The number of hydrogen-bond acceptors (Lipinski definition) is 3. The molecule has 9 heteroatoms. The smallest absolute Gasteiger partial charge is 0.345 e. The van der Waals surface area contributed by atoms with E-state index in [1.165, 1.54) is 6.92 Å². The summed E-state index contributed by atoms with van der Waals surface area (Å²) in [4.78, 5) is 36.9. The molecule has 1 aromatic rings. The number of alkyl halides is 3. The molecule has 0 radical (unpaired) electrons. The molecule has 0 spiro atoms. The van der Waals surface area contributed by atoms with Gasteiger partial charge in [-0.25, -0.2) is 4.79 Å². The minimum Gasteiger partial charge on any atom is -0.345 e. The molecular formula is C17H20F3N3O3. The Labute approximate surface area is 148 Å². The zero-order valence-corrected chi connectivity index (χ0v) is 14.4. The van der Waals surface area contributed by atoms with E-state index in [0.717, 1.165) is 18.4 Å². The fraction of sp³-hybridized carbons (Fsp3) is 0.471. The summed E-state index contributed by atoms with van der Waals surface area (Å²) in [5, 5.41) is 4.15. The van der Waals surface area contributed by atoms with Crippen LogP contribution in [0.3, 0.4) is 0 Å². The highest BCUT2D eigenvalue weighted by atomic mass is 19.4. The molecule has 1 unspecified atom stereocenters. The molecule has 4 amide bonds. The zero-order chi connectivity index (χ0) is 19.5. The Balaban J connectivity index is 2.10. The Bertz CT molecular complexity index is 703. The molecule has 0 aromatic heterocycles. The molecule has 2 rings (SSSR count). The van der Waals surface area contributed by atoms with Crippen molar-refractivity contribution in [2.45, 2.75) is 38.4 Å². The lowest BCUT2D eigenvalue weighted by Crippen LogP contribution is -2.44. The van der Waals surface area contributed by atoms with Crippen LogP contribution < -0.4 is 10.6 Å². The molecule has 1 fully saturated rings. The SMILES string of the molecule is CCCc1ccc(C2(C)NC(=O)N(CC(=O)NCC(F)(F)F)C2=O)cc1. The highest BCUT2D eigenvalue weighted by Gasteiger charge is 2.49. The van der Waals surface area contributed by atoms with Crippen molar-refractivity contribution in [3.8, 4) is 0 Å². The van der Waals surface area contributed by atoms with Crippen molar-refractivity contribution >= 4 is 17.8 Å². The van der Waals surface area contributed by atoms with Crippen molar-refractivity contribution in [2.24, 2.45) is 0 Å². The number of imide groups is 1. The molecule has 1 aliphatic rings. The van der Waals surface area contributed by atoms with E-state index in [-0.39, 0.29) is 0 Å². The highest BCUT2D eigenvalue weighted by Crippen LogP contribution is 2.29. The standard InChI is InChI=1S/C17H20F3N3O3/c1-3-4-11-5-7-12(8-6-11)16(2)14(25)23(15(26)22-16)9-13(24)21-10-17(18,19)20/h5-8H,3-4,9-10H2,1-2H3,(H,21,24)(H,22,26). The van der Waals surface area contributed by atoms with Crippen molar-refractivity contribution < 1.29 is 27.6 Å². The third-order valence-electron chi connectivity index (χ3n) is 4.13. The third-order valence-corrected chi connectivity index (χ3v) is 4.13. The molecule has 1 heterocycles. The van der Waals surface area contributed by atoms with Gasteiger partial charge in [0.2, 0.25) is 5.91 Å². The Kier molecular flexibility index (Phi) is 5.58. The molecule has 1 aliphatic heterocycles. The summed E-state index contributed by atoms with van der Waals surface area (Å²) in [6.45, 7) is 1.24. The van der Waals surface area contributed by atoms with Crippen LogP contribution in [0.2, 0.25) is 0 Å². The van der Waals surface area contributed by atoms with Gasteiger partial charge < -0.3 is 10.6 Å². The molecule has 142 valence electrons. The summed E-state index contributed by atoms with van der Waals surface area (Å²) < 4.78 is 36.4. The first-order chi connectivity index (χ1) is 12.1. The summed E-state index contributed by atoms with van der Waals surface area (Å²) in [6, 6.07) is 6.31. The molecular weight excluding hydrogens is 351 g/mol. The van der Waals surface area contributed by atoms with Crippen molar-refractivity contribution in [1.82, 2.24) is 15.5 Å². The molecule has 1 atom stereocenters. The molecule has 6 nitrogen and oxygen atoms in total. The van der Waals surface area contributed by atoms with E-state index in [1.807, 2.05) is 19.1 Å². The van der Waals surface area contributed by atoms with Gasteiger partial charge in [0.05, 0.1) is 0 Å². The number of rotatable bonds is 6. The average Bonchev–Trinajstić information content (AvgIpc) is 2.77. The molecule has 1 aromatic carbocycles. The number of carbonyl (C=O) groups excluding carboxylic acids is 3. The Morgan fingerprint density at radius 1 is 1.23 bits per heavy atom. The fourth-order valence-electron chi connectivity index (χ4n) is 2.73. The lowest BCUT2D eigenvalue weighted by atomic mass is 9.91. The number of aryl methyl sites for hydroxylation is 1. The van der Waals surface area contributed by atoms with E-state index in [1.54, 1.807) is 17.4 Å². The minimum absolute atomic E-state index is 0.536. The van der Waals surface area contributed by atoms with Crippen LogP contribution >= 0.6 is 0 Å². The van der Waals surface area contributed by atoms with Gasteiger partial charge in [-0.3, -0.25) is 14.5 Å². The van der Waals surface area contributed by atoms with Gasteiger partial charge >= 0.3 is 12.2 Å². The number of benzene rings is 1. The first-order valence-electron chi connectivity index (χ1n) is 8.14. The predicted octanol–water partition coefficient (Wildman–Crippen LogP) is 2.08. The van der Waals surface area contributed by atoms with Crippen molar-refractivity contribution in [1.29, 1.82) is 0 Å². The Morgan fingerprint density at radius 3 is 2.38 bits per heavy atom. The van der Waals surface area contributed by atoms with E-state index in [2.05, 4.69) is 5.32 Å². The third kappa shape index (κ3) is 4.33. The van der Waals surface area contributed by atoms with Gasteiger partial charge in [-0.2, -0.15) is 13.2 Å². The van der Waals surface area contributed by atoms with Gasteiger partial charge in [0, 0.05) is 0 Å². The second-order valence-electron chi connectivity index (χ2n) is 6.29. The number of urea groups is 1. The van der Waals surface area contributed by atoms with E-state index < -0.39 is 42.7 Å². The monoisotopic (exact) mass is 371 g/mol. The Morgan fingerprint density at radius 2 is 1.85 bits per heavy atom. The predicted molar refractivity (Wildman–Crippen MR) is 87.1 cm³/mol. The maximum absolute atomic E-state index is 12.6. The molecule has 0 aliphatic carbocycles. The van der Waals surface area contributed by atoms with Gasteiger partial charge in [0.15, 0.2) is 0 Å². The van der Waals surface area contributed by atoms with Gasteiger partial charge in [-0.1, -0.05) is 37.6 Å². The summed E-state index contributed by atoms with van der Waals surface area (Å²) in [5.74, 6) is -1.75. The maximum Gasteiger partial charge on any atom is 0.405 e. The van der Waals surface area contributed by atoms with Crippen LogP contribution in [-0.4, -0.2) is 42.0 Å². The highest BCUT2D eigenvalue weighted by molar-refractivity contribution is 6.09. The molecule has 0 saturated carbocycles. The number of amides is 4. The van der Waals surface area contributed by atoms with Crippen LogP contribution in [0.5, 0.6) is 0 Å². The van der Waals surface area contributed by atoms with Crippen LogP contribution in [-0.2, 0) is 21.5 Å². The van der Waals surface area contributed by atoms with Crippen LogP contribution in [0.15, 0.2) is 24.3 Å². The van der Waals surface area contributed by atoms with Gasteiger partial charge in [0.25, 0.3) is 5.91 Å². The topological polar surface area (TPSA) is 78.5 Å². The quantitative estimate of drug-likeness (QED) is 0.752. The number of nitrogens with zero attached hydrogens (tertiary/aromatic N) is 1. The molecule has 26 heavy (non-hydrogen) atoms. The van der Waals surface area contributed by atoms with Gasteiger partial charge in [-0.05, 0) is 24.5 Å². The van der Waals surface area contributed by atoms with Gasteiger partial charge in [-0.15, -0.1) is 0 Å². The summed E-state index contributed by atoms with van der Waals surface area (Å²) in [7, 11) is 0. The summed E-state index contributed by atoms with van der Waals surface area (Å²) in [5.41, 5.74) is 0.250. The number of halogens is 3. The van der Waals surface area contributed by atoms with Crippen molar-refractivity contribution in [2.75, 3.05) is 13.1 Å². The molecule has 1 saturated heterocycles. The van der Waals surface area contributed by atoms with Crippen molar-refractivity contribution in [3.63, 3.8) is 0 Å². The zero-order valence-electron chi connectivity index (χ0n) is 14.4. The lowest BCUT2D eigenvalue weighted by Gasteiger charge is -2.22. The summed E-state index contributed by atoms with van der Waals surface area (Å²) in [6.07, 6.45) is -2.72. The van der Waals surface area contributed by atoms with Crippen LogP contribution in [0.4, 0.5) is 18.0 Å². The first kappa shape index (κ1) is 19.7. The second kappa shape index (κ2) is 7.35. The summed E-state index contributed by atoms with van der Waals surface area (Å²) >= 11 is 0. The number of carbonyl (C=O) groups is 3. The fourth-order valence-corrected chi connectivity index (χ4v) is 2.73.